The number of hydrogen-bond acceptors (Lipinski definition) is 1. The van der Waals surface area contributed by atoms with Crippen molar-refractivity contribution >= 4 is 54.3 Å². The van der Waals surface area contributed by atoms with Crippen LogP contribution in [0.3, 0.4) is 0 Å². The second kappa shape index (κ2) is 11.1. The highest BCUT2D eigenvalue weighted by Crippen LogP contribution is 2.51. The van der Waals surface area contributed by atoms with Gasteiger partial charge in [0.25, 0.3) is 0 Å². The Morgan fingerprint density at radius 1 is 0.306 bits per heavy atom. The zero-order chi connectivity index (χ0) is 32.3. The molecule has 228 valence electrons. The molecule has 0 saturated heterocycles. The molecule has 0 radical (unpaired) electrons. The zero-order valence-corrected chi connectivity index (χ0v) is 26.7. The average Bonchev–Trinajstić information content (AvgIpc) is 3.57. The van der Waals surface area contributed by atoms with Crippen LogP contribution in [-0.2, 0) is 0 Å². The maximum atomic E-state index is 6.67. The van der Waals surface area contributed by atoms with Gasteiger partial charge in [0, 0.05) is 16.2 Å². The molecule has 0 aliphatic heterocycles. The van der Waals surface area contributed by atoms with E-state index in [0.29, 0.717) is 0 Å². The molecule has 0 fully saturated rings. The lowest BCUT2D eigenvalue weighted by molar-refractivity contribution is 0.673. The molecule has 1 nitrogen and oxygen atoms in total. The monoisotopic (exact) mass is 622 g/mol. The molecule has 0 unspecified atom stereocenters. The molecule has 0 N–H and O–H groups in total. The van der Waals surface area contributed by atoms with E-state index in [4.69, 9.17) is 4.42 Å². The van der Waals surface area contributed by atoms with Crippen LogP contribution in [0.1, 0.15) is 0 Å². The lowest BCUT2D eigenvalue weighted by atomic mass is 9.80. The third-order valence-electron chi connectivity index (χ3n) is 10.1. The van der Waals surface area contributed by atoms with E-state index in [0.717, 1.165) is 27.3 Å². The summed E-state index contributed by atoms with van der Waals surface area (Å²) in [6, 6.07) is 65.7. The third kappa shape index (κ3) is 4.26. The van der Waals surface area contributed by atoms with E-state index < -0.39 is 0 Å². The van der Waals surface area contributed by atoms with Gasteiger partial charge in [0.15, 0.2) is 0 Å². The fourth-order valence-electron chi connectivity index (χ4n) is 7.98. The molecule has 9 aromatic carbocycles. The van der Waals surface area contributed by atoms with E-state index in [-0.39, 0.29) is 0 Å². The van der Waals surface area contributed by atoms with Gasteiger partial charge in [0.1, 0.15) is 11.2 Å². The molecule has 0 saturated carbocycles. The molecule has 0 aliphatic rings. The Balaban J connectivity index is 1.41. The van der Waals surface area contributed by atoms with Gasteiger partial charge in [-0.1, -0.05) is 170 Å². The van der Waals surface area contributed by atoms with Crippen molar-refractivity contribution in [3.05, 3.63) is 182 Å². The maximum absolute atomic E-state index is 6.67. The smallest absolute Gasteiger partial charge is 0.143 e. The molecule has 10 aromatic rings. The lowest BCUT2D eigenvalue weighted by Gasteiger charge is -2.22. The van der Waals surface area contributed by atoms with Gasteiger partial charge in [-0.3, -0.25) is 0 Å². The van der Waals surface area contributed by atoms with Gasteiger partial charge in [0.2, 0.25) is 0 Å². The topological polar surface area (TPSA) is 13.1 Å². The summed E-state index contributed by atoms with van der Waals surface area (Å²) in [7, 11) is 0. The van der Waals surface area contributed by atoms with Gasteiger partial charge in [-0.15, -0.1) is 0 Å². The van der Waals surface area contributed by atoms with Gasteiger partial charge >= 0.3 is 0 Å². The molecule has 49 heavy (non-hydrogen) atoms. The molecule has 0 aliphatic carbocycles. The van der Waals surface area contributed by atoms with Gasteiger partial charge in [-0.05, 0) is 83.6 Å². The Morgan fingerprint density at radius 3 is 1.37 bits per heavy atom. The summed E-state index contributed by atoms with van der Waals surface area (Å²) in [5.41, 5.74) is 11.6. The molecular formula is C48H30O. The van der Waals surface area contributed by atoms with Gasteiger partial charge < -0.3 is 4.42 Å². The van der Waals surface area contributed by atoms with Crippen molar-refractivity contribution in [2.45, 2.75) is 0 Å². The van der Waals surface area contributed by atoms with E-state index in [1.807, 2.05) is 0 Å². The highest BCUT2D eigenvalue weighted by Gasteiger charge is 2.24. The van der Waals surface area contributed by atoms with Crippen LogP contribution in [0.15, 0.2) is 186 Å². The van der Waals surface area contributed by atoms with Crippen LogP contribution in [0.5, 0.6) is 0 Å². The lowest BCUT2D eigenvalue weighted by Crippen LogP contribution is -1.95. The summed E-state index contributed by atoms with van der Waals surface area (Å²) in [6.45, 7) is 0. The van der Waals surface area contributed by atoms with Crippen LogP contribution >= 0.6 is 0 Å². The first kappa shape index (κ1) is 27.7. The van der Waals surface area contributed by atoms with Crippen molar-refractivity contribution in [2.75, 3.05) is 0 Å². The van der Waals surface area contributed by atoms with Crippen molar-refractivity contribution in [2.24, 2.45) is 0 Å². The predicted octanol–water partition coefficient (Wildman–Crippen LogP) is 13.7. The number of furan rings is 1. The van der Waals surface area contributed by atoms with Crippen molar-refractivity contribution < 1.29 is 4.42 Å². The van der Waals surface area contributed by atoms with Crippen LogP contribution in [-0.4, -0.2) is 0 Å². The number of benzene rings is 9. The van der Waals surface area contributed by atoms with Crippen LogP contribution in [0.4, 0.5) is 0 Å². The summed E-state index contributed by atoms with van der Waals surface area (Å²) >= 11 is 0. The highest BCUT2D eigenvalue weighted by molar-refractivity contribution is 6.29. The van der Waals surface area contributed by atoms with Crippen molar-refractivity contribution in [1.29, 1.82) is 0 Å². The van der Waals surface area contributed by atoms with Crippen molar-refractivity contribution in [1.82, 2.24) is 0 Å². The summed E-state index contributed by atoms with van der Waals surface area (Å²) in [5, 5.41) is 9.49. The minimum Gasteiger partial charge on any atom is -0.455 e. The van der Waals surface area contributed by atoms with Crippen LogP contribution in [0, 0.1) is 0 Å². The molecule has 1 heteroatoms. The van der Waals surface area contributed by atoms with E-state index in [1.165, 1.54) is 71.4 Å². The largest absolute Gasteiger partial charge is 0.455 e. The van der Waals surface area contributed by atoms with Crippen LogP contribution in [0.2, 0.25) is 0 Å². The van der Waals surface area contributed by atoms with Crippen molar-refractivity contribution in [3.63, 3.8) is 0 Å². The Bertz CT molecular complexity index is 2750. The quantitative estimate of drug-likeness (QED) is 0.178. The van der Waals surface area contributed by atoms with E-state index in [1.54, 1.807) is 0 Å². The molecule has 1 aromatic heterocycles. The third-order valence-corrected chi connectivity index (χ3v) is 10.1. The Morgan fingerprint density at radius 2 is 0.776 bits per heavy atom. The number of fused-ring (bicyclic) bond motifs is 7. The molecule has 0 spiro atoms. The van der Waals surface area contributed by atoms with E-state index in [9.17, 15) is 0 Å². The summed E-state index contributed by atoms with van der Waals surface area (Å²) in [6.07, 6.45) is 0. The Labute approximate surface area is 284 Å². The van der Waals surface area contributed by atoms with Crippen molar-refractivity contribution in [3.8, 4) is 44.5 Å². The SMILES string of the molecule is c1ccc(-c2cccc(-c3ccccc3)c2-c2c3ccccc3c(-c3cc4ccccc4c4oc5ccccc5c34)c3ccccc23)cc1. The number of hydrogen-bond donors (Lipinski definition) is 0. The second-order valence-electron chi connectivity index (χ2n) is 12.7. The van der Waals surface area contributed by atoms with Gasteiger partial charge in [0.05, 0.1) is 0 Å². The summed E-state index contributed by atoms with van der Waals surface area (Å²) in [4.78, 5) is 0. The fourth-order valence-corrected chi connectivity index (χ4v) is 7.98. The minimum absolute atomic E-state index is 0.907. The Hall–Kier alpha value is -6.44. The average molecular weight is 623 g/mol. The van der Waals surface area contributed by atoms with Crippen LogP contribution in [0.25, 0.3) is 98.8 Å². The Kier molecular flexibility index (Phi) is 6.25. The first-order valence-corrected chi connectivity index (χ1v) is 16.9. The first-order valence-electron chi connectivity index (χ1n) is 16.9. The standard InChI is InChI=1S/C48H30O/c1-3-16-31(17-4-1)34-27-15-28-35(32-18-5-2-6-19-32)45(34)46-39-24-11-9-22-37(39)44(38-23-10-12-25-40(38)46)42-30-33-20-7-8-21-36(33)48-47(42)41-26-13-14-29-43(41)49-48/h1-30H. The molecular weight excluding hydrogens is 593 g/mol. The first-order chi connectivity index (χ1) is 24.3. The number of para-hydroxylation sites is 1. The van der Waals surface area contributed by atoms with E-state index in [2.05, 4.69) is 182 Å². The predicted molar refractivity (Wildman–Crippen MR) is 208 cm³/mol. The maximum Gasteiger partial charge on any atom is 0.143 e. The minimum atomic E-state index is 0.907. The summed E-state index contributed by atoms with van der Waals surface area (Å²) < 4.78 is 6.67. The highest BCUT2D eigenvalue weighted by atomic mass is 16.3. The zero-order valence-electron chi connectivity index (χ0n) is 26.7. The molecule has 1 heterocycles. The van der Waals surface area contributed by atoms with Gasteiger partial charge in [-0.2, -0.15) is 0 Å². The van der Waals surface area contributed by atoms with Gasteiger partial charge in [-0.25, -0.2) is 0 Å². The fraction of sp³-hybridized carbons (Fsp3) is 0. The molecule has 0 atom stereocenters. The number of rotatable bonds is 4. The second-order valence-corrected chi connectivity index (χ2v) is 12.7. The molecule has 10 rings (SSSR count). The molecule has 0 amide bonds. The van der Waals surface area contributed by atoms with E-state index >= 15 is 0 Å². The molecule has 0 bridgehead atoms. The summed E-state index contributed by atoms with van der Waals surface area (Å²) in [5.74, 6) is 0. The normalized spacial score (nSPS) is 11.7. The van der Waals surface area contributed by atoms with Crippen LogP contribution < -0.4 is 0 Å².